The van der Waals surface area contributed by atoms with Crippen LogP contribution in [0.4, 0.5) is 0 Å². The minimum atomic E-state index is -0.592. The van der Waals surface area contributed by atoms with Crippen molar-refractivity contribution in [1.82, 2.24) is 5.32 Å². The fraction of sp³-hybridized carbons (Fsp3) is 0.308. The highest BCUT2D eigenvalue weighted by Gasteiger charge is 2.50. The molecule has 3 N–H and O–H groups in total. The Morgan fingerprint density at radius 2 is 2.17 bits per heavy atom. The van der Waals surface area contributed by atoms with Gasteiger partial charge in [0, 0.05) is 5.56 Å². The molecule has 18 heavy (non-hydrogen) atoms. The maximum atomic E-state index is 11.7. The lowest BCUT2D eigenvalue weighted by Crippen LogP contribution is -2.29. The second-order valence-electron chi connectivity index (χ2n) is 4.37. The van der Waals surface area contributed by atoms with E-state index < -0.39 is 5.41 Å². The van der Waals surface area contributed by atoms with Crippen molar-refractivity contribution in [1.29, 1.82) is 5.26 Å². The maximum Gasteiger partial charge on any atom is 0.252 e. The summed E-state index contributed by atoms with van der Waals surface area (Å²) in [5.74, 6) is -0.671. The molecule has 92 valence electrons. The smallest absolute Gasteiger partial charge is 0.252 e. The van der Waals surface area contributed by atoms with Gasteiger partial charge in [0.25, 0.3) is 5.91 Å². The monoisotopic (exact) mass is 243 g/mol. The van der Waals surface area contributed by atoms with E-state index in [1.165, 1.54) is 0 Å². The van der Waals surface area contributed by atoms with Crippen molar-refractivity contribution in [3.63, 3.8) is 0 Å². The standard InChI is InChI=1S/C13H13N3O2/c14-6-7-16-11(17)9-2-1-3-10(8-9)13(4-5-13)12(15)18/h1-3,8H,4-5,7H2,(H2,15,18)(H,16,17). The number of carbonyl (C=O) groups is 2. The van der Waals surface area contributed by atoms with E-state index in [2.05, 4.69) is 5.32 Å². The number of nitrogens with two attached hydrogens (primary N) is 1. The number of carbonyl (C=O) groups excluding carboxylic acids is 2. The number of nitriles is 1. The van der Waals surface area contributed by atoms with Gasteiger partial charge < -0.3 is 11.1 Å². The minimum Gasteiger partial charge on any atom is -0.369 e. The second-order valence-corrected chi connectivity index (χ2v) is 4.37. The van der Waals surface area contributed by atoms with Crippen LogP contribution in [-0.4, -0.2) is 18.4 Å². The van der Waals surface area contributed by atoms with E-state index in [1.54, 1.807) is 24.3 Å². The first kappa shape index (κ1) is 12.1. The van der Waals surface area contributed by atoms with Crippen molar-refractivity contribution in [2.75, 3.05) is 6.54 Å². The number of rotatable bonds is 4. The molecule has 5 heteroatoms. The van der Waals surface area contributed by atoms with Crippen molar-refractivity contribution >= 4 is 11.8 Å². The van der Waals surface area contributed by atoms with Crippen molar-refractivity contribution in [3.8, 4) is 6.07 Å². The van der Waals surface area contributed by atoms with Crippen molar-refractivity contribution in [2.24, 2.45) is 5.73 Å². The van der Waals surface area contributed by atoms with E-state index in [9.17, 15) is 9.59 Å². The molecule has 1 saturated carbocycles. The van der Waals surface area contributed by atoms with Gasteiger partial charge in [-0.15, -0.1) is 0 Å². The predicted octanol–water partition coefficient (Wildman–Crippen LogP) is 0.457. The van der Waals surface area contributed by atoms with Gasteiger partial charge in [0.15, 0.2) is 0 Å². The van der Waals surface area contributed by atoms with Gasteiger partial charge in [0.2, 0.25) is 5.91 Å². The number of hydrogen-bond acceptors (Lipinski definition) is 3. The molecule has 0 radical (unpaired) electrons. The van der Waals surface area contributed by atoms with Crippen LogP contribution < -0.4 is 11.1 Å². The number of primary amides is 1. The lowest BCUT2D eigenvalue weighted by Gasteiger charge is -2.12. The van der Waals surface area contributed by atoms with Gasteiger partial charge in [-0.05, 0) is 30.5 Å². The van der Waals surface area contributed by atoms with Crippen LogP contribution in [0.25, 0.3) is 0 Å². The quantitative estimate of drug-likeness (QED) is 0.752. The molecule has 0 heterocycles. The Balaban J connectivity index is 2.24. The molecule has 0 aromatic heterocycles. The van der Waals surface area contributed by atoms with E-state index in [0.717, 1.165) is 18.4 Å². The summed E-state index contributed by atoms with van der Waals surface area (Å²) < 4.78 is 0. The molecule has 0 bridgehead atoms. The molecule has 5 nitrogen and oxygen atoms in total. The average Bonchev–Trinajstić information content (AvgIpc) is 3.17. The first-order valence-corrected chi connectivity index (χ1v) is 5.66. The number of nitrogens with zero attached hydrogens (tertiary/aromatic N) is 1. The third-order valence-corrected chi connectivity index (χ3v) is 3.23. The molecular weight excluding hydrogens is 230 g/mol. The van der Waals surface area contributed by atoms with Gasteiger partial charge in [-0.1, -0.05) is 12.1 Å². The van der Waals surface area contributed by atoms with E-state index in [1.807, 2.05) is 6.07 Å². The van der Waals surface area contributed by atoms with Crippen LogP contribution in [0.3, 0.4) is 0 Å². The van der Waals surface area contributed by atoms with Gasteiger partial charge in [0.1, 0.15) is 6.54 Å². The van der Waals surface area contributed by atoms with Gasteiger partial charge in [-0.3, -0.25) is 9.59 Å². The van der Waals surface area contributed by atoms with Crippen LogP contribution in [0.15, 0.2) is 24.3 Å². The number of hydrogen-bond donors (Lipinski definition) is 2. The van der Waals surface area contributed by atoms with E-state index in [-0.39, 0.29) is 18.4 Å². The van der Waals surface area contributed by atoms with E-state index in [4.69, 9.17) is 11.0 Å². The molecule has 0 atom stereocenters. The van der Waals surface area contributed by atoms with Crippen LogP contribution in [0, 0.1) is 11.3 Å². The topological polar surface area (TPSA) is 96.0 Å². The molecule has 0 unspecified atom stereocenters. The normalized spacial score (nSPS) is 15.5. The van der Waals surface area contributed by atoms with Gasteiger partial charge in [0.05, 0.1) is 11.5 Å². The predicted molar refractivity (Wildman–Crippen MR) is 64.5 cm³/mol. The summed E-state index contributed by atoms with van der Waals surface area (Å²) in [6.07, 6.45) is 1.46. The largest absolute Gasteiger partial charge is 0.369 e. The Kier molecular flexibility index (Phi) is 3.02. The molecule has 2 amide bonds. The summed E-state index contributed by atoms with van der Waals surface area (Å²) in [6.45, 7) is -0.0377. The van der Waals surface area contributed by atoms with Gasteiger partial charge in [-0.25, -0.2) is 0 Å². The SMILES string of the molecule is N#CCNC(=O)c1cccc(C2(C(N)=O)CC2)c1. The molecule has 1 aliphatic carbocycles. The summed E-state index contributed by atoms with van der Waals surface area (Å²) in [5, 5.41) is 10.9. The molecule has 1 aliphatic rings. The Labute approximate surface area is 105 Å². The molecular formula is C13H13N3O2. The summed E-state index contributed by atoms with van der Waals surface area (Å²) in [5.41, 5.74) is 6.01. The van der Waals surface area contributed by atoms with Gasteiger partial charge >= 0.3 is 0 Å². The summed E-state index contributed by atoms with van der Waals surface area (Å²) in [4.78, 5) is 23.1. The molecule has 0 saturated heterocycles. The Morgan fingerprint density at radius 3 is 2.72 bits per heavy atom. The van der Waals surface area contributed by atoms with Crippen LogP contribution in [0.2, 0.25) is 0 Å². The van der Waals surface area contributed by atoms with E-state index in [0.29, 0.717) is 5.56 Å². The third-order valence-electron chi connectivity index (χ3n) is 3.23. The first-order valence-electron chi connectivity index (χ1n) is 5.66. The van der Waals surface area contributed by atoms with Crippen molar-refractivity contribution < 1.29 is 9.59 Å². The zero-order chi connectivity index (χ0) is 13.2. The molecule has 0 aliphatic heterocycles. The minimum absolute atomic E-state index is 0.0377. The maximum absolute atomic E-state index is 11.7. The number of amides is 2. The number of nitrogens with one attached hydrogen (secondary N) is 1. The molecule has 1 aromatic rings. The summed E-state index contributed by atoms with van der Waals surface area (Å²) in [7, 11) is 0. The zero-order valence-electron chi connectivity index (χ0n) is 9.77. The molecule has 1 fully saturated rings. The average molecular weight is 243 g/mol. The van der Waals surface area contributed by atoms with Crippen molar-refractivity contribution in [2.45, 2.75) is 18.3 Å². The zero-order valence-corrected chi connectivity index (χ0v) is 9.77. The fourth-order valence-corrected chi connectivity index (χ4v) is 1.98. The Bertz CT molecular complexity index is 541. The Morgan fingerprint density at radius 1 is 1.44 bits per heavy atom. The van der Waals surface area contributed by atoms with Gasteiger partial charge in [-0.2, -0.15) is 5.26 Å². The highest BCUT2D eigenvalue weighted by molar-refractivity contribution is 5.96. The highest BCUT2D eigenvalue weighted by atomic mass is 16.2. The molecule has 0 spiro atoms. The van der Waals surface area contributed by atoms with Crippen LogP contribution in [0.1, 0.15) is 28.8 Å². The lowest BCUT2D eigenvalue weighted by molar-refractivity contribution is -0.120. The summed E-state index contributed by atoms with van der Waals surface area (Å²) in [6, 6.07) is 8.68. The third kappa shape index (κ3) is 2.05. The van der Waals surface area contributed by atoms with Crippen LogP contribution in [-0.2, 0) is 10.2 Å². The Hall–Kier alpha value is -2.35. The second kappa shape index (κ2) is 4.49. The lowest BCUT2D eigenvalue weighted by atomic mass is 9.93. The van der Waals surface area contributed by atoms with Crippen LogP contribution >= 0.6 is 0 Å². The van der Waals surface area contributed by atoms with E-state index >= 15 is 0 Å². The molecule has 2 rings (SSSR count). The highest BCUT2D eigenvalue weighted by Crippen LogP contribution is 2.47. The summed E-state index contributed by atoms with van der Waals surface area (Å²) >= 11 is 0. The number of benzene rings is 1. The van der Waals surface area contributed by atoms with Crippen molar-refractivity contribution in [3.05, 3.63) is 35.4 Å². The van der Waals surface area contributed by atoms with Crippen LogP contribution in [0.5, 0.6) is 0 Å². The first-order chi connectivity index (χ1) is 8.60. The fourth-order valence-electron chi connectivity index (χ4n) is 1.98. The molecule has 1 aromatic carbocycles.